The van der Waals surface area contributed by atoms with Gasteiger partial charge in [-0.25, -0.2) is 0 Å². The monoisotopic (exact) mass is 773 g/mol. The van der Waals surface area contributed by atoms with Crippen molar-refractivity contribution in [1.29, 1.82) is 0 Å². The van der Waals surface area contributed by atoms with Gasteiger partial charge in [0.2, 0.25) is 0 Å². The second-order valence-corrected chi connectivity index (χ2v) is 10.6. The number of aryl methyl sites for hydroxylation is 1. The SMILES string of the molecule is C=C/C=C\c1c(C)c2ccccc2n1-c1ccc(N(c2[c-]c(-c3ccccn3)ccc2)c2[c-]c(-c3ccccn3)ccc2)cc1.[Pt+2]. The number of nitrogens with zero attached hydrogens (tertiary/aromatic N) is 4. The molecule has 4 aromatic carbocycles. The molecule has 0 atom stereocenters. The number of para-hydroxylation sites is 1. The fourth-order valence-corrected chi connectivity index (χ4v) is 5.73. The summed E-state index contributed by atoms with van der Waals surface area (Å²) in [6.07, 6.45) is 9.54. The molecular formula is C41H30N4Pt. The Morgan fingerprint density at radius 2 is 1.26 bits per heavy atom. The smallest absolute Gasteiger partial charge is 0.346 e. The maximum atomic E-state index is 4.57. The third kappa shape index (κ3) is 6.00. The van der Waals surface area contributed by atoms with Crippen LogP contribution in [0.5, 0.6) is 0 Å². The van der Waals surface area contributed by atoms with Crippen LogP contribution in [0.15, 0.2) is 152 Å². The van der Waals surface area contributed by atoms with Gasteiger partial charge in [-0.1, -0.05) is 61.2 Å². The zero-order chi connectivity index (χ0) is 30.6. The van der Waals surface area contributed by atoms with Crippen molar-refractivity contribution < 1.29 is 21.1 Å². The molecule has 4 nitrogen and oxygen atoms in total. The van der Waals surface area contributed by atoms with Crippen LogP contribution in [0, 0.1) is 19.1 Å². The topological polar surface area (TPSA) is 34.0 Å². The van der Waals surface area contributed by atoms with Gasteiger partial charge in [0.25, 0.3) is 0 Å². The first-order chi connectivity index (χ1) is 22.2. The molecule has 0 amide bonds. The first kappa shape index (κ1) is 30.7. The molecule has 7 rings (SSSR count). The molecule has 46 heavy (non-hydrogen) atoms. The minimum absolute atomic E-state index is 0. The molecule has 0 radical (unpaired) electrons. The predicted octanol–water partition coefficient (Wildman–Crippen LogP) is 10.3. The Hall–Kier alpha value is -5.31. The average Bonchev–Trinajstić information content (AvgIpc) is 3.39. The maximum Gasteiger partial charge on any atom is 2.00 e. The number of benzene rings is 4. The number of anilines is 3. The number of pyridine rings is 2. The van der Waals surface area contributed by atoms with Gasteiger partial charge in [0.05, 0.1) is 5.52 Å². The van der Waals surface area contributed by atoms with Crippen molar-refractivity contribution in [3.05, 3.63) is 176 Å². The van der Waals surface area contributed by atoms with Crippen molar-refractivity contribution >= 4 is 34.0 Å². The third-order valence-electron chi connectivity index (χ3n) is 7.85. The molecule has 224 valence electrons. The molecule has 0 unspecified atom stereocenters. The minimum Gasteiger partial charge on any atom is -0.346 e. The largest absolute Gasteiger partial charge is 2.00 e. The number of fused-ring (bicyclic) bond motifs is 1. The summed E-state index contributed by atoms with van der Waals surface area (Å²) in [6, 6.07) is 48.6. The summed E-state index contributed by atoms with van der Waals surface area (Å²) < 4.78 is 2.31. The second-order valence-electron chi connectivity index (χ2n) is 10.6. The number of aromatic nitrogens is 3. The fraction of sp³-hybridized carbons (Fsp3) is 0.0244. The van der Waals surface area contributed by atoms with Crippen LogP contribution in [0.3, 0.4) is 0 Å². The van der Waals surface area contributed by atoms with Gasteiger partial charge in [-0.3, -0.25) is 0 Å². The first-order valence-corrected chi connectivity index (χ1v) is 14.9. The van der Waals surface area contributed by atoms with Crippen LogP contribution in [0.4, 0.5) is 17.1 Å². The molecule has 0 N–H and O–H groups in total. The zero-order valence-corrected chi connectivity index (χ0v) is 27.5. The van der Waals surface area contributed by atoms with E-state index in [0.29, 0.717) is 0 Å². The average molecular weight is 774 g/mol. The third-order valence-corrected chi connectivity index (χ3v) is 7.85. The van der Waals surface area contributed by atoms with E-state index in [9.17, 15) is 0 Å². The number of hydrogen-bond donors (Lipinski definition) is 0. The Morgan fingerprint density at radius 1 is 0.674 bits per heavy atom. The van der Waals surface area contributed by atoms with E-state index >= 15 is 0 Å². The van der Waals surface area contributed by atoms with Crippen molar-refractivity contribution in [2.24, 2.45) is 0 Å². The summed E-state index contributed by atoms with van der Waals surface area (Å²) in [5, 5.41) is 1.23. The molecule has 7 aromatic rings. The first-order valence-electron chi connectivity index (χ1n) is 14.9. The Bertz CT molecular complexity index is 2050. The molecule has 0 aliphatic heterocycles. The van der Waals surface area contributed by atoms with Gasteiger partial charge in [0, 0.05) is 34.8 Å². The van der Waals surface area contributed by atoms with E-state index in [1.165, 1.54) is 10.9 Å². The summed E-state index contributed by atoms with van der Waals surface area (Å²) in [5.74, 6) is 0. The van der Waals surface area contributed by atoms with E-state index < -0.39 is 0 Å². The number of rotatable bonds is 8. The molecule has 0 saturated carbocycles. The van der Waals surface area contributed by atoms with E-state index in [0.717, 1.165) is 56.5 Å². The van der Waals surface area contributed by atoms with Crippen LogP contribution in [0.2, 0.25) is 0 Å². The van der Waals surface area contributed by atoms with Crippen LogP contribution in [-0.2, 0) is 21.1 Å². The molecule has 0 fully saturated rings. The Balaban J connectivity index is 0.00000372. The van der Waals surface area contributed by atoms with Crippen LogP contribution in [0.25, 0.3) is 45.2 Å². The van der Waals surface area contributed by atoms with Crippen LogP contribution >= 0.6 is 0 Å². The molecule has 5 heteroatoms. The normalized spacial score (nSPS) is 11.0. The quantitative estimate of drug-likeness (QED) is 0.114. The van der Waals surface area contributed by atoms with Crippen LogP contribution < -0.4 is 4.90 Å². The van der Waals surface area contributed by atoms with Gasteiger partial charge in [-0.15, -0.1) is 59.7 Å². The van der Waals surface area contributed by atoms with E-state index in [-0.39, 0.29) is 21.1 Å². The summed E-state index contributed by atoms with van der Waals surface area (Å²) in [4.78, 5) is 11.3. The molecular weight excluding hydrogens is 744 g/mol. The summed E-state index contributed by atoms with van der Waals surface area (Å²) in [6.45, 7) is 6.06. The van der Waals surface area contributed by atoms with Crippen LogP contribution in [-0.4, -0.2) is 14.5 Å². The molecule has 3 heterocycles. The zero-order valence-electron chi connectivity index (χ0n) is 25.2. The standard InChI is InChI=1S/C41H30N4.Pt/c1-3-4-20-40-30(2)37-17-5-6-21-41(37)45(40)34-24-22-33(23-25-34)44(35-15-11-13-31(28-35)38-18-7-9-26-42-38)36-16-12-14-32(29-36)39-19-8-10-27-43-39;/h3-27H,1H2,2H3;/q-2;+2/b20-4-;. The van der Waals surface area contributed by atoms with Crippen molar-refractivity contribution in [1.82, 2.24) is 14.5 Å². The second kappa shape index (κ2) is 13.8. The number of hydrogen-bond acceptors (Lipinski definition) is 3. The van der Waals surface area contributed by atoms with E-state index in [4.69, 9.17) is 0 Å². The Kier molecular flexibility index (Phi) is 9.19. The summed E-state index contributed by atoms with van der Waals surface area (Å²) in [5.41, 5.74) is 10.9. The van der Waals surface area contributed by atoms with Gasteiger partial charge >= 0.3 is 21.1 Å². The van der Waals surface area contributed by atoms with E-state index in [2.05, 4.69) is 112 Å². The molecule has 0 aliphatic carbocycles. The molecule has 0 saturated heterocycles. The van der Waals surface area contributed by atoms with Gasteiger partial charge < -0.3 is 19.4 Å². The molecule has 0 spiro atoms. The van der Waals surface area contributed by atoms with Gasteiger partial charge in [-0.05, 0) is 83.8 Å². The molecule has 3 aromatic heterocycles. The van der Waals surface area contributed by atoms with Crippen molar-refractivity contribution in [2.75, 3.05) is 4.90 Å². The molecule has 0 bridgehead atoms. The Morgan fingerprint density at radius 3 is 1.83 bits per heavy atom. The summed E-state index contributed by atoms with van der Waals surface area (Å²) in [7, 11) is 0. The number of allylic oxidation sites excluding steroid dienone is 2. The van der Waals surface area contributed by atoms with Gasteiger partial charge in [-0.2, -0.15) is 0 Å². The Labute approximate surface area is 284 Å². The fourth-order valence-electron chi connectivity index (χ4n) is 5.73. The van der Waals surface area contributed by atoms with Crippen molar-refractivity contribution in [2.45, 2.75) is 6.92 Å². The van der Waals surface area contributed by atoms with E-state index in [1.807, 2.05) is 85.2 Å². The van der Waals surface area contributed by atoms with E-state index in [1.54, 1.807) is 0 Å². The van der Waals surface area contributed by atoms with Crippen LogP contribution in [0.1, 0.15) is 11.3 Å². The summed E-state index contributed by atoms with van der Waals surface area (Å²) >= 11 is 0. The van der Waals surface area contributed by atoms with Gasteiger partial charge in [0.15, 0.2) is 0 Å². The maximum absolute atomic E-state index is 4.57. The van der Waals surface area contributed by atoms with Crippen molar-refractivity contribution in [3.8, 4) is 28.2 Å². The minimum atomic E-state index is 0. The molecule has 0 aliphatic rings. The van der Waals surface area contributed by atoms with Crippen molar-refractivity contribution in [3.63, 3.8) is 0 Å². The predicted molar refractivity (Wildman–Crippen MR) is 186 cm³/mol. The van der Waals surface area contributed by atoms with Gasteiger partial charge in [0.1, 0.15) is 0 Å².